The molecule has 1 aromatic carbocycles. The molecule has 2 N–H and O–H groups in total. The molecule has 1 fully saturated rings. The first-order valence-corrected chi connectivity index (χ1v) is 15.7. The molecule has 3 atom stereocenters. The predicted octanol–water partition coefficient (Wildman–Crippen LogP) is 5.95. The third-order valence-corrected chi connectivity index (χ3v) is 8.52. The molecule has 3 unspecified atom stereocenters. The van der Waals surface area contributed by atoms with E-state index in [-0.39, 0.29) is 25.3 Å². The maximum Gasteiger partial charge on any atom is 0.305 e. The van der Waals surface area contributed by atoms with Crippen LogP contribution in [0, 0.1) is 32.1 Å². The lowest BCUT2D eigenvalue weighted by Gasteiger charge is -2.26. The zero-order valence-corrected chi connectivity index (χ0v) is 27.1. The summed E-state index contributed by atoms with van der Waals surface area (Å²) in [5.74, 6) is 0.558. The fourth-order valence-corrected chi connectivity index (χ4v) is 6.19. The third kappa shape index (κ3) is 8.69. The largest absolute Gasteiger partial charge is 0.481 e. The second kappa shape index (κ2) is 15.4. The average Bonchev–Trinajstić information content (AvgIpc) is 3.43. The normalized spacial score (nSPS) is 16.3. The van der Waals surface area contributed by atoms with Crippen molar-refractivity contribution >= 4 is 11.9 Å². The molecule has 1 amide bonds. The van der Waals surface area contributed by atoms with Gasteiger partial charge in [-0.1, -0.05) is 32.0 Å². The van der Waals surface area contributed by atoms with Gasteiger partial charge in [-0.25, -0.2) is 18.2 Å². The van der Waals surface area contributed by atoms with E-state index in [2.05, 4.69) is 16.2 Å². The quantitative estimate of drug-likeness (QED) is 0.222. The van der Waals surface area contributed by atoms with Crippen LogP contribution in [0.25, 0.3) is 11.1 Å². The fraction of sp³-hybridized carbons (Fsp3) is 0.444. The van der Waals surface area contributed by atoms with Gasteiger partial charge in [-0.15, -0.1) is 6.42 Å². The summed E-state index contributed by atoms with van der Waals surface area (Å²) in [6.45, 7) is 8.72. The van der Waals surface area contributed by atoms with E-state index in [0.29, 0.717) is 41.9 Å². The molecule has 8 nitrogen and oxygen atoms in total. The number of aliphatic carboxylic acids is 1. The number of halogens is 3. The number of aryl methyl sites for hydroxylation is 2. The van der Waals surface area contributed by atoms with Crippen LogP contribution in [0.3, 0.4) is 0 Å². The van der Waals surface area contributed by atoms with E-state index in [4.69, 9.17) is 6.42 Å². The van der Waals surface area contributed by atoms with Crippen molar-refractivity contribution in [3.8, 4) is 23.5 Å². The van der Waals surface area contributed by atoms with Crippen molar-refractivity contribution < 1.29 is 27.9 Å². The van der Waals surface area contributed by atoms with Crippen LogP contribution in [0.4, 0.5) is 13.2 Å². The molecule has 0 saturated carbocycles. The summed E-state index contributed by atoms with van der Waals surface area (Å²) in [6.07, 6.45) is 4.88. The SMILES string of the molecule is C#Cc1ncc(C(CC(=O)O)NC(=O)C(CC(C)C)n2cc(CCN3CCC(F)C3)cc(C(F)F)c2=O)cc1-c1c(C)cccc1C. The molecule has 1 aliphatic rings. The zero-order chi connectivity index (χ0) is 34.4. The minimum atomic E-state index is -3.08. The summed E-state index contributed by atoms with van der Waals surface area (Å²) in [4.78, 5) is 45.7. The first-order valence-electron chi connectivity index (χ1n) is 15.7. The highest BCUT2D eigenvalue weighted by atomic mass is 19.3. The number of amides is 1. The minimum Gasteiger partial charge on any atom is -0.481 e. The van der Waals surface area contributed by atoms with E-state index in [1.54, 1.807) is 6.07 Å². The lowest BCUT2D eigenvalue weighted by Crippen LogP contribution is -2.41. The van der Waals surface area contributed by atoms with Gasteiger partial charge < -0.3 is 19.9 Å². The Morgan fingerprint density at radius 1 is 1.19 bits per heavy atom. The van der Waals surface area contributed by atoms with Gasteiger partial charge in [0.1, 0.15) is 17.9 Å². The van der Waals surface area contributed by atoms with Crippen LogP contribution in [-0.4, -0.2) is 57.2 Å². The number of terminal acetylenes is 1. The maximum absolute atomic E-state index is 14.1. The molecular weight excluding hydrogens is 609 g/mol. The Bertz CT molecular complexity index is 1690. The lowest BCUT2D eigenvalue weighted by atomic mass is 9.92. The van der Waals surface area contributed by atoms with Crippen LogP contribution < -0.4 is 10.9 Å². The lowest BCUT2D eigenvalue weighted by molar-refractivity contribution is -0.138. The summed E-state index contributed by atoms with van der Waals surface area (Å²) < 4.78 is 43.0. The number of carboxylic acid groups (broad SMARTS) is 1. The zero-order valence-electron chi connectivity index (χ0n) is 27.1. The van der Waals surface area contributed by atoms with Gasteiger partial charge in [-0.05, 0) is 84.9 Å². The molecule has 0 aliphatic carbocycles. The number of carboxylic acids is 1. The highest BCUT2D eigenvalue weighted by Crippen LogP contribution is 2.32. The molecule has 3 heterocycles. The van der Waals surface area contributed by atoms with Crippen LogP contribution >= 0.6 is 0 Å². The highest BCUT2D eigenvalue weighted by Gasteiger charge is 2.30. The molecule has 4 rings (SSSR count). The topological polar surface area (TPSA) is 105 Å². The predicted molar refractivity (Wildman–Crippen MR) is 174 cm³/mol. The van der Waals surface area contributed by atoms with Crippen molar-refractivity contribution in [3.63, 3.8) is 0 Å². The molecule has 1 aliphatic heterocycles. The van der Waals surface area contributed by atoms with Crippen molar-refractivity contribution in [2.75, 3.05) is 19.6 Å². The van der Waals surface area contributed by atoms with Crippen LogP contribution in [-0.2, 0) is 16.0 Å². The fourth-order valence-electron chi connectivity index (χ4n) is 6.19. The summed E-state index contributed by atoms with van der Waals surface area (Å²) >= 11 is 0. The van der Waals surface area contributed by atoms with Gasteiger partial charge >= 0.3 is 5.97 Å². The highest BCUT2D eigenvalue weighted by molar-refractivity contribution is 5.82. The number of hydrogen-bond acceptors (Lipinski definition) is 5. The van der Waals surface area contributed by atoms with Crippen molar-refractivity contribution in [1.29, 1.82) is 0 Å². The molecule has 0 radical (unpaired) electrons. The van der Waals surface area contributed by atoms with Gasteiger partial charge in [0.15, 0.2) is 0 Å². The number of hydrogen-bond donors (Lipinski definition) is 2. The molecule has 11 heteroatoms. The Balaban J connectivity index is 1.73. The number of nitrogens with zero attached hydrogens (tertiary/aromatic N) is 3. The molecule has 47 heavy (non-hydrogen) atoms. The Labute approximate surface area is 273 Å². The number of rotatable bonds is 13. The minimum absolute atomic E-state index is 0.120. The number of alkyl halides is 3. The van der Waals surface area contributed by atoms with Gasteiger partial charge in [-0.2, -0.15) is 0 Å². The number of likely N-dealkylation sites (tertiary alicyclic amines) is 1. The Hall–Kier alpha value is -4.43. The maximum atomic E-state index is 14.1. The summed E-state index contributed by atoms with van der Waals surface area (Å²) in [5.41, 5.74) is 2.72. The molecule has 0 spiro atoms. The second-order valence-electron chi connectivity index (χ2n) is 12.6. The smallest absolute Gasteiger partial charge is 0.305 e. The third-order valence-electron chi connectivity index (χ3n) is 8.52. The van der Waals surface area contributed by atoms with Crippen LogP contribution in [0.15, 0.2) is 47.5 Å². The van der Waals surface area contributed by atoms with E-state index >= 15 is 0 Å². The summed E-state index contributed by atoms with van der Waals surface area (Å²) in [7, 11) is 0. The second-order valence-corrected chi connectivity index (χ2v) is 12.6. The van der Waals surface area contributed by atoms with Crippen LogP contribution in [0.2, 0.25) is 0 Å². The summed E-state index contributed by atoms with van der Waals surface area (Å²) in [6, 6.07) is 6.33. The molecular formula is C36H41F3N4O4. The van der Waals surface area contributed by atoms with Gasteiger partial charge in [-0.3, -0.25) is 14.4 Å². The molecule has 0 bridgehead atoms. The number of nitrogens with one attached hydrogen (secondary N) is 1. The van der Waals surface area contributed by atoms with Crippen LogP contribution in [0.5, 0.6) is 0 Å². The monoisotopic (exact) mass is 650 g/mol. The van der Waals surface area contributed by atoms with E-state index in [1.807, 2.05) is 50.8 Å². The summed E-state index contributed by atoms with van der Waals surface area (Å²) in [5, 5.41) is 12.6. The van der Waals surface area contributed by atoms with Crippen LogP contribution in [0.1, 0.15) is 85.1 Å². The van der Waals surface area contributed by atoms with E-state index < -0.39 is 54.1 Å². The van der Waals surface area contributed by atoms with Crippen molar-refractivity contribution in [2.45, 2.75) is 78.1 Å². The van der Waals surface area contributed by atoms with Crippen molar-refractivity contribution in [3.05, 3.63) is 86.6 Å². The number of carbonyl (C=O) groups excluding carboxylic acids is 1. The molecule has 2 aromatic heterocycles. The van der Waals surface area contributed by atoms with Gasteiger partial charge in [0.25, 0.3) is 12.0 Å². The number of aromatic nitrogens is 2. The van der Waals surface area contributed by atoms with E-state index in [9.17, 15) is 32.7 Å². The van der Waals surface area contributed by atoms with E-state index in [0.717, 1.165) is 27.3 Å². The standard InChI is InChI=1S/C36H41F3N4O4/c1-6-29-27(33-22(4)8-7-9-23(33)5)16-25(18-40-29)30(17-32(44)45)41-35(46)31(14-21(2)3)43-19-24(15-28(34(38)39)36(43)47)10-12-42-13-11-26(37)20-42/h1,7-9,15-16,18-19,21,26,30-31,34H,10-14,17,20H2,2-5H3,(H,41,46)(H,44,45). The molecule has 1 saturated heterocycles. The Morgan fingerprint density at radius 3 is 2.47 bits per heavy atom. The molecule has 250 valence electrons. The van der Waals surface area contributed by atoms with Gasteiger partial charge in [0.05, 0.1) is 18.0 Å². The van der Waals surface area contributed by atoms with Crippen molar-refractivity contribution in [1.82, 2.24) is 19.8 Å². The number of benzene rings is 1. The van der Waals surface area contributed by atoms with Gasteiger partial charge in [0, 0.05) is 37.6 Å². The Morgan fingerprint density at radius 2 is 1.89 bits per heavy atom. The first-order chi connectivity index (χ1) is 22.3. The number of carbonyl (C=O) groups is 2. The van der Waals surface area contributed by atoms with E-state index in [1.165, 1.54) is 12.4 Å². The number of pyridine rings is 2. The Kier molecular flexibility index (Phi) is 11.6. The first kappa shape index (κ1) is 35.4. The molecule has 3 aromatic rings. The van der Waals surface area contributed by atoms with Gasteiger partial charge in [0.2, 0.25) is 5.91 Å². The average molecular weight is 651 g/mol. The van der Waals surface area contributed by atoms with Crippen molar-refractivity contribution in [2.24, 2.45) is 5.92 Å².